The second-order valence-corrected chi connectivity index (χ2v) is 19.1. The van der Waals surface area contributed by atoms with Crippen LogP contribution in [0.5, 0.6) is 0 Å². The fourth-order valence-electron chi connectivity index (χ4n) is 10.8. The Hall–Kier alpha value is -7.88. The Balaban J connectivity index is 1.06. The molecule has 0 saturated carbocycles. The van der Waals surface area contributed by atoms with Gasteiger partial charge in [0.2, 0.25) is 0 Å². The maximum absolute atomic E-state index is 2.59. The van der Waals surface area contributed by atoms with Crippen molar-refractivity contribution < 1.29 is 0 Å². The first kappa shape index (κ1) is 35.7. The van der Waals surface area contributed by atoms with Crippen LogP contribution >= 0.6 is 0 Å². The number of aromatic nitrogens is 3. The van der Waals surface area contributed by atoms with Gasteiger partial charge < -0.3 is 4.57 Å². The molecule has 4 aromatic heterocycles. The Labute approximate surface area is 374 Å². The van der Waals surface area contributed by atoms with Crippen molar-refractivity contribution in [3.05, 3.63) is 224 Å². The van der Waals surface area contributed by atoms with Crippen LogP contribution < -0.4 is 0 Å². The van der Waals surface area contributed by atoms with Gasteiger partial charge in [0.25, 0.3) is 0 Å². The van der Waals surface area contributed by atoms with Crippen molar-refractivity contribution in [3.8, 4) is 39.3 Å². The third kappa shape index (κ3) is 5.10. The summed E-state index contributed by atoms with van der Waals surface area (Å²) >= 11 is 0.198. The number of fused-ring (bicyclic) bond motifs is 12. The number of para-hydroxylation sites is 4. The maximum atomic E-state index is 2.59. The normalized spacial score (nSPS) is 12.1. The first-order valence-electron chi connectivity index (χ1n) is 21.9. The minimum absolute atomic E-state index is 0.198. The summed E-state index contributed by atoms with van der Waals surface area (Å²) in [5.74, 6) is 0. The monoisotopic (exact) mass is 879 g/mol. The summed E-state index contributed by atoms with van der Waals surface area (Å²) in [6.07, 6.45) is 0. The Morgan fingerprint density at radius 1 is 0.266 bits per heavy atom. The summed E-state index contributed by atoms with van der Waals surface area (Å²) in [6.45, 7) is 0. The summed E-state index contributed by atoms with van der Waals surface area (Å²) in [5.41, 5.74) is 15.6. The summed E-state index contributed by atoms with van der Waals surface area (Å²) in [6, 6.07) is 83.2. The zero-order valence-electron chi connectivity index (χ0n) is 34.6. The van der Waals surface area contributed by atoms with Crippen molar-refractivity contribution in [1.82, 2.24) is 13.7 Å². The predicted molar refractivity (Wildman–Crippen MR) is 272 cm³/mol. The van der Waals surface area contributed by atoms with Gasteiger partial charge in [0, 0.05) is 10.8 Å². The first-order chi connectivity index (χ1) is 31.8. The number of rotatable bonds is 5. The van der Waals surface area contributed by atoms with E-state index in [1.807, 2.05) is 0 Å². The van der Waals surface area contributed by atoms with Crippen LogP contribution in [0.4, 0.5) is 0 Å². The van der Waals surface area contributed by atoms with Crippen LogP contribution in [0.2, 0.25) is 0 Å². The number of hydrogen-bond donors (Lipinski definition) is 0. The second kappa shape index (κ2) is 13.8. The summed E-state index contributed by atoms with van der Waals surface area (Å²) in [4.78, 5) is 0. The Morgan fingerprint density at radius 2 is 0.750 bits per heavy atom. The van der Waals surface area contributed by atoms with Crippen LogP contribution in [0, 0.1) is 0 Å². The predicted octanol–water partition coefficient (Wildman–Crippen LogP) is 15.7. The van der Waals surface area contributed by atoms with Crippen LogP contribution in [0.1, 0.15) is 0 Å². The Bertz CT molecular complexity index is 4140. The molecule has 0 aliphatic rings. The van der Waals surface area contributed by atoms with Crippen molar-refractivity contribution in [2.45, 2.75) is 0 Å². The summed E-state index contributed by atoms with van der Waals surface area (Å²) in [5, 5.41) is 10.2. The Kier molecular flexibility index (Phi) is 7.70. The summed E-state index contributed by atoms with van der Waals surface area (Å²) in [7, 11) is 0. The SMILES string of the molecule is c1ccc(-c2ccccc2-c2ccc3[se]c4ccccc4c3c2-n2c3ccccc3c3ccc(-n4c5ccccc5c5cc(-n6c7ccccc7c7ccccc76)ccc54)cc32)cc1. The van der Waals surface area contributed by atoms with Gasteiger partial charge in [0.05, 0.1) is 11.0 Å². The van der Waals surface area contributed by atoms with Gasteiger partial charge in [-0.1, -0.05) is 36.4 Å². The van der Waals surface area contributed by atoms with Crippen molar-refractivity contribution in [3.63, 3.8) is 0 Å². The molecule has 0 unspecified atom stereocenters. The van der Waals surface area contributed by atoms with E-state index >= 15 is 0 Å². The Morgan fingerprint density at radius 3 is 1.42 bits per heavy atom. The molecule has 4 heterocycles. The van der Waals surface area contributed by atoms with Gasteiger partial charge in [-0.3, -0.25) is 0 Å². The van der Waals surface area contributed by atoms with E-state index in [1.54, 1.807) is 0 Å². The third-order valence-corrected chi connectivity index (χ3v) is 15.8. The molecule has 0 N–H and O–H groups in total. The van der Waals surface area contributed by atoms with Gasteiger partial charge in [-0.25, -0.2) is 0 Å². The summed E-state index contributed by atoms with van der Waals surface area (Å²) < 4.78 is 10.4. The molecule has 0 bridgehead atoms. The average Bonchev–Trinajstić information content (AvgIpc) is 4.10. The van der Waals surface area contributed by atoms with Crippen molar-refractivity contribution in [2.24, 2.45) is 0 Å². The molecule has 0 spiro atoms. The zero-order valence-corrected chi connectivity index (χ0v) is 36.3. The molecule has 0 aliphatic heterocycles. The van der Waals surface area contributed by atoms with Gasteiger partial charge >= 0.3 is 302 Å². The molecule has 298 valence electrons. The molecule has 0 atom stereocenters. The van der Waals surface area contributed by atoms with Crippen molar-refractivity contribution in [1.29, 1.82) is 0 Å². The quantitative estimate of drug-likeness (QED) is 0.153. The standard InChI is InChI=1S/C60H37N3Se/c1-2-16-38(17-3-1)41-18-4-5-19-42(41)48-33-35-58-59(49-24-10-15-29-57(49)64-58)60(48)63-54-28-14-8-22-45(54)47-32-30-40(37-56(47)63)62-53-27-13-9-23-46(53)50-36-39(31-34-55(50)62)61-51-25-11-6-20-43(51)44-21-7-12-26-52(44)61/h1-37H. The van der Waals surface area contributed by atoms with E-state index in [0.29, 0.717) is 0 Å². The van der Waals surface area contributed by atoms with Gasteiger partial charge in [-0.15, -0.1) is 0 Å². The average molecular weight is 879 g/mol. The number of nitrogens with zero attached hydrogens (tertiary/aromatic N) is 3. The van der Waals surface area contributed by atoms with E-state index in [4.69, 9.17) is 0 Å². The van der Waals surface area contributed by atoms with E-state index in [1.165, 1.54) is 113 Å². The van der Waals surface area contributed by atoms with E-state index in [0.717, 1.165) is 11.4 Å². The molecule has 14 aromatic rings. The van der Waals surface area contributed by atoms with Gasteiger partial charge in [-0.2, -0.15) is 0 Å². The van der Waals surface area contributed by atoms with Gasteiger partial charge in [0.15, 0.2) is 0 Å². The number of benzene rings is 10. The van der Waals surface area contributed by atoms with Crippen molar-refractivity contribution in [2.75, 3.05) is 0 Å². The van der Waals surface area contributed by atoms with E-state index in [2.05, 4.69) is 238 Å². The molecule has 0 radical (unpaired) electrons. The zero-order chi connectivity index (χ0) is 41.9. The molecule has 0 saturated heterocycles. The van der Waals surface area contributed by atoms with Crippen LogP contribution in [0.3, 0.4) is 0 Å². The fraction of sp³-hybridized carbons (Fsp3) is 0. The topological polar surface area (TPSA) is 14.8 Å². The molecule has 0 aliphatic carbocycles. The minimum atomic E-state index is 0.198. The van der Waals surface area contributed by atoms with Crippen LogP contribution in [-0.4, -0.2) is 28.2 Å². The third-order valence-electron chi connectivity index (χ3n) is 13.5. The van der Waals surface area contributed by atoms with Gasteiger partial charge in [-0.05, 0) is 12.1 Å². The molecule has 10 aromatic carbocycles. The van der Waals surface area contributed by atoms with Crippen molar-refractivity contribution >= 4 is 99.2 Å². The molecular weight excluding hydrogens is 842 g/mol. The molecule has 3 nitrogen and oxygen atoms in total. The first-order valence-corrected chi connectivity index (χ1v) is 23.6. The van der Waals surface area contributed by atoms with Crippen LogP contribution in [0.25, 0.3) is 124 Å². The molecule has 14 rings (SSSR count). The molecule has 0 amide bonds. The number of hydrogen-bond acceptors (Lipinski definition) is 0. The van der Waals surface area contributed by atoms with E-state index < -0.39 is 0 Å². The van der Waals surface area contributed by atoms with E-state index in [-0.39, 0.29) is 14.5 Å². The molecule has 64 heavy (non-hydrogen) atoms. The fourth-order valence-corrected chi connectivity index (χ4v) is 13.1. The second-order valence-electron chi connectivity index (χ2n) is 16.8. The van der Waals surface area contributed by atoms with Crippen LogP contribution in [0.15, 0.2) is 224 Å². The van der Waals surface area contributed by atoms with Gasteiger partial charge in [0.1, 0.15) is 0 Å². The molecule has 4 heteroatoms. The molecule has 0 fully saturated rings. The van der Waals surface area contributed by atoms with Crippen LogP contribution in [-0.2, 0) is 0 Å². The van der Waals surface area contributed by atoms with E-state index in [9.17, 15) is 0 Å². The molecular formula is C60H37N3Se.